The van der Waals surface area contributed by atoms with Gasteiger partial charge >= 0.3 is 0 Å². The van der Waals surface area contributed by atoms with E-state index in [1.165, 1.54) is 0 Å². The Balaban J connectivity index is 1.70. The molecule has 0 radical (unpaired) electrons. The van der Waals surface area contributed by atoms with Gasteiger partial charge in [-0.05, 0) is 26.0 Å². The van der Waals surface area contributed by atoms with E-state index in [4.69, 9.17) is 8.94 Å². The number of carbonyl (C=O) groups is 1. The molecule has 1 aliphatic heterocycles. The molecule has 6 nitrogen and oxygen atoms in total. The molecule has 1 aliphatic rings. The highest BCUT2D eigenvalue weighted by Crippen LogP contribution is 2.24. The van der Waals surface area contributed by atoms with E-state index in [1.807, 2.05) is 23.9 Å². The van der Waals surface area contributed by atoms with Gasteiger partial charge in [0.15, 0.2) is 0 Å². The molecule has 0 unspecified atom stereocenters. The van der Waals surface area contributed by atoms with Crippen molar-refractivity contribution in [3.63, 3.8) is 0 Å². The summed E-state index contributed by atoms with van der Waals surface area (Å²) in [7, 11) is 0. The zero-order valence-electron chi connectivity index (χ0n) is 13.4. The van der Waals surface area contributed by atoms with Crippen LogP contribution in [0.1, 0.15) is 33.6 Å². The first-order chi connectivity index (χ1) is 11.2. The predicted molar refractivity (Wildman–Crippen MR) is 88.7 cm³/mol. The van der Waals surface area contributed by atoms with Crippen LogP contribution >= 0.6 is 11.8 Å². The summed E-state index contributed by atoms with van der Waals surface area (Å²) in [4.78, 5) is 14.8. The molecule has 0 aliphatic carbocycles. The van der Waals surface area contributed by atoms with Crippen LogP contribution in [0.4, 0.5) is 0 Å². The lowest BCUT2D eigenvalue weighted by Gasteiger charge is -2.33. The number of aryl methyl sites for hydroxylation is 2. The maximum Gasteiger partial charge on any atom is 0.256 e. The molecule has 1 atom stereocenters. The summed E-state index contributed by atoms with van der Waals surface area (Å²) in [6, 6.07) is 3.90. The van der Waals surface area contributed by atoms with E-state index in [0.717, 1.165) is 30.4 Å². The molecule has 1 amide bonds. The SMILES string of the molecule is Cc1noc(C)c1C(=O)NC[C@@H](c1ccco1)N1CCSCC1. The Morgan fingerprint density at radius 2 is 2.22 bits per heavy atom. The smallest absolute Gasteiger partial charge is 0.256 e. The molecule has 1 saturated heterocycles. The topological polar surface area (TPSA) is 71.5 Å². The van der Waals surface area contributed by atoms with E-state index >= 15 is 0 Å². The molecule has 3 heterocycles. The van der Waals surface area contributed by atoms with Crippen molar-refractivity contribution >= 4 is 17.7 Å². The Bertz CT molecular complexity index is 628. The van der Waals surface area contributed by atoms with Crippen LogP contribution in [0.25, 0.3) is 0 Å². The van der Waals surface area contributed by atoms with Crippen LogP contribution < -0.4 is 5.32 Å². The molecule has 7 heteroatoms. The van der Waals surface area contributed by atoms with Crippen LogP contribution in [0.15, 0.2) is 27.3 Å². The van der Waals surface area contributed by atoms with E-state index in [9.17, 15) is 4.79 Å². The Labute approximate surface area is 139 Å². The summed E-state index contributed by atoms with van der Waals surface area (Å²) >= 11 is 1.96. The molecule has 0 bridgehead atoms. The molecular formula is C16H21N3O3S. The number of amides is 1. The van der Waals surface area contributed by atoms with Gasteiger partial charge in [-0.2, -0.15) is 11.8 Å². The van der Waals surface area contributed by atoms with E-state index in [2.05, 4.69) is 15.4 Å². The molecule has 0 saturated carbocycles. The van der Waals surface area contributed by atoms with Gasteiger partial charge in [0.25, 0.3) is 5.91 Å². The third-order valence-electron chi connectivity index (χ3n) is 4.07. The average Bonchev–Trinajstić information content (AvgIpc) is 3.19. The third kappa shape index (κ3) is 3.61. The number of hydrogen-bond donors (Lipinski definition) is 1. The monoisotopic (exact) mass is 335 g/mol. The molecule has 3 rings (SSSR count). The quantitative estimate of drug-likeness (QED) is 0.905. The van der Waals surface area contributed by atoms with Gasteiger partial charge in [-0.3, -0.25) is 9.69 Å². The van der Waals surface area contributed by atoms with Crippen LogP contribution in [-0.4, -0.2) is 47.1 Å². The van der Waals surface area contributed by atoms with Crippen LogP contribution in [0.5, 0.6) is 0 Å². The van der Waals surface area contributed by atoms with Gasteiger partial charge in [0.2, 0.25) is 0 Å². The summed E-state index contributed by atoms with van der Waals surface area (Å²) in [5.74, 6) is 3.49. The highest BCUT2D eigenvalue weighted by molar-refractivity contribution is 7.99. The average molecular weight is 335 g/mol. The number of nitrogens with zero attached hydrogens (tertiary/aromatic N) is 2. The normalized spacial score (nSPS) is 17.1. The first kappa shape index (κ1) is 16.1. The maximum atomic E-state index is 12.4. The van der Waals surface area contributed by atoms with Gasteiger partial charge in [-0.15, -0.1) is 0 Å². The van der Waals surface area contributed by atoms with Crippen molar-refractivity contribution in [3.8, 4) is 0 Å². The van der Waals surface area contributed by atoms with Gasteiger partial charge in [0, 0.05) is 31.1 Å². The number of nitrogens with one attached hydrogen (secondary N) is 1. The zero-order valence-corrected chi connectivity index (χ0v) is 14.2. The standard InChI is InChI=1S/C16H21N3O3S/c1-11-15(12(2)22-18-11)16(20)17-10-13(14-4-3-7-21-14)19-5-8-23-9-6-19/h3-4,7,13H,5-6,8-10H2,1-2H3,(H,17,20)/t13-/m0/s1. The van der Waals surface area contributed by atoms with Crippen LogP contribution in [0, 0.1) is 13.8 Å². The van der Waals surface area contributed by atoms with Crippen LogP contribution in [0.3, 0.4) is 0 Å². The van der Waals surface area contributed by atoms with E-state index < -0.39 is 0 Å². The number of carbonyl (C=O) groups excluding carboxylic acids is 1. The summed E-state index contributed by atoms with van der Waals surface area (Å²) < 4.78 is 10.7. The summed E-state index contributed by atoms with van der Waals surface area (Å²) in [6.07, 6.45) is 1.68. The molecule has 124 valence electrons. The minimum absolute atomic E-state index is 0.0512. The van der Waals surface area contributed by atoms with Crippen molar-refractivity contribution in [1.82, 2.24) is 15.4 Å². The van der Waals surface area contributed by atoms with Crippen LogP contribution in [-0.2, 0) is 0 Å². The van der Waals surface area contributed by atoms with Gasteiger partial charge < -0.3 is 14.3 Å². The Morgan fingerprint density at radius 3 is 2.83 bits per heavy atom. The number of furan rings is 1. The number of thioether (sulfide) groups is 1. The van der Waals surface area contributed by atoms with Crippen molar-refractivity contribution in [1.29, 1.82) is 0 Å². The van der Waals surface area contributed by atoms with Crippen molar-refractivity contribution in [2.24, 2.45) is 0 Å². The first-order valence-corrected chi connectivity index (χ1v) is 8.88. The highest BCUT2D eigenvalue weighted by Gasteiger charge is 2.26. The molecule has 0 spiro atoms. The molecule has 1 N–H and O–H groups in total. The largest absolute Gasteiger partial charge is 0.468 e. The van der Waals surface area contributed by atoms with Gasteiger partial charge in [0.1, 0.15) is 17.1 Å². The maximum absolute atomic E-state index is 12.4. The Kier molecular flexibility index (Phi) is 5.07. The third-order valence-corrected chi connectivity index (χ3v) is 5.02. The molecule has 23 heavy (non-hydrogen) atoms. The lowest BCUT2D eigenvalue weighted by atomic mass is 10.1. The van der Waals surface area contributed by atoms with Crippen molar-refractivity contribution in [2.45, 2.75) is 19.9 Å². The van der Waals surface area contributed by atoms with Gasteiger partial charge in [-0.1, -0.05) is 5.16 Å². The second kappa shape index (κ2) is 7.23. The summed E-state index contributed by atoms with van der Waals surface area (Å²) in [5.41, 5.74) is 1.14. The fourth-order valence-corrected chi connectivity index (χ4v) is 3.80. The van der Waals surface area contributed by atoms with E-state index in [-0.39, 0.29) is 11.9 Å². The zero-order chi connectivity index (χ0) is 16.2. The Morgan fingerprint density at radius 1 is 1.43 bits per heavy atom. The van der Waals surface area contributed by atoms with Crippen LogP contribution in [0.2, 0.25) is 0 Å². The number of rotatable bonds is 5. The molecule has 0 aromatic carbocycles. The lowest BCUT2D eigenvalue weighted by molar-refractivity contribution is 0.0927. The molecule has 1 fully saturated rings. The van der Waals surface area contributed by atoms with Gasteiger partial charge in [-0.25, -0.2) is 0 Å². The second-order valence-corrected chi connectivity index (χ2v) is 6.81. The first-order valence-electron chi connectivity index (χ1n) is 7.73. The van der Waals surface area contributed by atoms with Crippen molar-refractivity contribution < 1.29 is 13.7 Å². The van der Waals surface area contributed by atoms with Gasteiger partial charge in [0.05, 0.1) is 18.0 Å². The fraction of sp³-hybridized carbons (Fsp3) is 0.500. The Hall–Kier alpha value is -1.73. The van der Waals surface area contributed by atoms with E-state index in [0.29, 0.717) is 23.6 Å². The fourth-order valence-electron chi connectivity index (χ4n) is 2.86. The highest BCUT2D eigenvalue weighted by atomic mass is 32.2. The van der Waals surface area contributed by atoms with E-state index in [1.54, 1.807) is 20.1 Å². The molecule has 2 aromatic rings. The van der Waals surface area contributed by atoms with Crippen molar-refractivity contribution in [2.75, 3.05) is 31.1 Å². The summed E-state index contributed by atoms with van der Waals surface area (Å²) in [5, 5.41) is 6.84. The second-order valence-electron chi connectivity index (χ2n) is 5.59. The lowest BCUT2D eigenvalue weighted by Crippen LogP contribution is -2.42. The predicted octanol–water partition coefficient (Wildman–Crippen LogP) is 2.40. The molecular weight excluding hydrogens is 314 g/mol. The minimum atomic E-state index is -0.149. The number of hydrogen-bond acceptors (Lipinski definition) is 6. The minimum Gasteiger partial charge on any atom is -0.468 e. The summed E-state index contributed by atoms with van der Waals surface area (Å²) in [6.45, 7) is 6.02. The molecule has 2 aromatic heterocycles. The number of aromatic nitrogens is 1. The van der Waals surface area contributed by atoms with Crippen molar-refractivity contribution in [3.05, 3.63) is 41.2 Å².